The average molecular weight is 207 g/mol. The van der Waals surface area contributed by atoms with E-state index in [1.54, 1.807) is 0 Å². The van der Waals surface area contributed by atoms with Gasteiger partial charge in [0.05, 0.1) is 0 Å². The maximum absolute atomic E-state index is 2.28. The highest BCUT2D eigenvalue weighted by Crippen LogP contribution is 2.37. The van der Waals surface area contributed by atoms with E-state index >= 15 is 0 Å². The van der Waals surface area contributed by atoms with Gasteiger partial charge < -0.3 is 0 Å². The highest BCUT2D eigenvalue weighted by atomic mass is 14.2. The lowest BCUT2D eigenvalue weighted by Gasteiger charge is -2.12. The molecule has 0 saturated heterocycles. The fourth-order valence-corrected chi connectivity index (χ4v) is 2.54. The van der Waals surface area contributed by atoms with Crippen LogP contribution in [0.5, 0.6) is 0 Å². The largest absolute Gasteiger partial charge is 0.0721 e. The number of rotatable bonds is 2. The van der Waals surface area contributed by atoms with Gasteiger partial charge in [-0.15, -0.1) is 0 Å². The molecule has 0 heterocycles. The van der Waals surface area contributed by atoms with Gasteiger partial charge in [0.2, 0.25) is 0 Å². The molecule has 1 radical (unpaired) electrons. The summed E-state index contributed by atoms with van der Waals surface area (Å²) in [7, 11) is 0. The van der Waals surface area contributed by atoms with Gasteiger partial charge in [0.15, 0.2) is 0 Å². The minimum absolute atomic E-state index is 1.18. The highest BCUT2D eigenvalue weighted by Gasteiger charge is 2.19. The van der Waals surface area contributed by atoms with Crippen LogP contribution in [-0.2, 0) is 0 Å². The molecule has 0 amide bonds. The molecule has 0 aliphatic heterocycles. The minimum atomic E-state index is 1.18. The zero-order valence-electron chi connectivity index (χ0n) is 9.53. The van der Waals surface area contributed by atoms with Crippen molar-refractivity contribution in [3.63, 3.8) is 0 Å². The first-order chi connectivity index (χ1) is 7.90. The van der Waals surface area contributed by atoms with Crippen molar-refractivity contribution < 1.29 is 0 Å². The number of hydrogen-bond donors (Lipinski definition) is 0. The Hall–Kier alpha value is -1.56. The number of fused-ring (bicyclic) bond motifs is 3. The van der Waals surface area contributed by atoms with Crippen molar-refractivity contribution in [3.05, 3.63) is 59.5 Å². The second-order valence-electron chi connectivity index (χ2n) is 4.36. The molecule has 2 aromatic rings. The van der Waals surface area contributed by atoms with E-state index in [4.69, 9.17) is 0 Å². The highest BCUT2D eigenvalue weighted by molar-refractivity contribution is 5.93. The fourth-order valence-electron chi connectivity index (χ4n) is 2.54. The molecule has 0 bridgehead atoms. The van der Waals surface area contributed by atoms with E-state index in [0.29, 0.717) is 0 Å². The monoisotopic (exact) mass is 207 g/mol. The molecule has 0 unspecified atom stereocenters. The van der Waals surface area contributed by atoms with Crippen LogP contribution in [0.2, 0.25) is 0 Å². The van der Waals surface area contributed by atoms with Gasteiger partial charge in [-0.3, -0.25) is 0 Å². The van der Waals surface area contributed by atoms with Crippen molar-refractivity contribution in [1.82, 2.24) is 0 Å². The SMILES string of the molecule is CCC[C]1C=Cc2ccc3ccccc3c21. The molecule has 1 aliphatic carbocycles. The van der Waals surface area contributed by atoms with Crippen LogP contribution in [0, 0.1) is 5.92 Å². The summed E-state index contributed by atoms with van der Waals surface area (Å²) in [4.78, 5) is 0. The summed E-state index contributed by atoms with van der Waals surface area (Å²) in [6.45, 7) is 2.24. The lowest BCUT2D eigenvalue weighted by atomic mass is 9.91. The lowest BCUT2D eigenvalue weighted by Crippen LogP contribution is -1.95. The molecule has 1 aliphatic rings. The Kier molecular flexibility index (Phi) is 2.28. The molecule has 0 fully saturated rings. The van der Waals surface area contributed by atoms with Crippen LogP contribution >= 0.6 is 0 Å². The summed E-state index contributed by atoms with van der Waals surface area (Å²) in [6.07, 6.45) is 6.91. The summed E-state index contributed by atoms with van der Waals surface area (Å²) in [5, 5.41) is 2.74. The van der Waals surface area contributed by atoms with Gasteiger partial charge in [-0.05, 0) is 28.3 Å². The van der Waals surface area contributed by atoms with Gasteiger partial charge >= 0.3 is 0 Å². The molecule has 0 spiro atoms. The van der Waals surface area contributed by atoms with Gasteiger partial charge in [0.25, 0.3) is 0 Å². The fraction of sp³-hybridized carbons (Fsp3) is 0.188. The molecule has 0 heteroatoms. The van der Waals surface area contributed by atoms with Crippen LogP contribution < -0.4 is 0 Å². The predicted molar refractivity (Wildman–Crippen MR) is 70.2 cm³/mol. The van der Waals surface area contributed by atoms with E-state index in [9.17, 15) is 0 Å². The normalized spacial score (nSPS) is 14.6. The molecular formula is C16H15. The molecule has 0 aromatic heterocycles. The van der Waals surface area contributed by atoms with Gasteiger partial charge in [-0.1, -0.05) is 61.9 Å². The molecule has 3 rings (SSSR count). The zero-order chi connectivity index (χ0) is 11.0. The van der Waals surface area contributed by atoms with Crippen LogP contribution in [0.3, 0.4) is 0 Å². The van der Waals surface area contributed by atoms with Crippen LogP contribution in [0.1, 0.15) is 30.9 Å². The van der Waals surface area contributed by atoms with Crippen LogP contribution in [-0.4, -0.2) is 0 Å². The maximum atomic E-state index is 2.28. The van der Waals surface area contributed by atoms with Crippen molar-refractivity contribution in [2.24, 2.45) is 0 Å². The van der Waals surface area contributed by atoms with Gasteiger partial charge in [0, 0.05) is 5.92 Å². The van der Waals surface area contributed by atoms with Crippen LogP contribution in [0.15, 0.2) is 42.5 Å². The number of hydrogen-bond acceptors (Lipinski definition) is 0. The quantitative estimate of drug-likeness (QED) is 0.675. The Morgan fingerprint density at radius 2 is 1.81 bits per heavy atom. The van der Waals surface area contributed by atoms with E-state index in [-0.39, 0.29) is 0 Å². The van der Waals surface area contributed by atoms with E-state index < -0.39 is 0 Å². The molecule has 0 N–H and O–H groups in total. The van der Waals surface area contributed by atoms with Crippen molar-refractivity contribution in [3.8, 4) is 0 Å². The van der Waals surface area contributed by atoms with E-state index in [2.05, 4.69) is 55.5 Å². The predicted octanol–water partition coefficient (Wildman–Crippen LogP) is 4.59. The molecule has 16 heavy (non-hydrogen) atoms. The first-order valence-corrected chi connectivity index (χ1v) is 5.96. The third kappa shape index (κ3) is 1.37. The Labute approximate surface area is 96.6 Å². The number of benzene rings is 2. The Morgan fingerprint density at radius 1 is 0.938 bits per heavy atom. The lowest BCUT2D eigenvalue weighted by molar-refractivity contribution is 0.869. The average Bonchev–Trinajstić information content (AvgIpc) is 2.73. The van der Waals surface area contributed by atoms with Gasteiger partial charge in [-0.25, -0.2) is 0 Å². The maximum Gasteiger partial charge on any atom is 0.0279 e. The van der Waals surface area contributed by atoms with E-state index in [0.717, 1.165) is 0 Å². The molecule has 0 nitrogen and oxygen atoms in total. The van der Waals surface area contributed by atoms with Crippen molar-refractivity contribution in [2.75, 3.05) is 0 Å². The van der Waals surface area contributed by atoms with Crippen molar-refractivity contribution in [2.45, 2.75) is 19.8 Å². The first kappa shape index (κ1) is 9.65. The summed E-state index contributed by atoms with van der Waals surface area (Å²) >= 11 is 0. The van der Waals surface area contributed by atoms with Crippen LogP contribution in [0.4, 0.5) is 0 Å². The second-order valence-corrected chi connectivity index (χ2v) is 4.36. The third-order valence-corrected chi connectivity index (χ3v) is 3.27. The second kappa shape index (κ2) is 3.79. The Morgan fingerprint density at radius 3 is 2.69 bits per heavy atom. The number of allylic oxidation sites excluding steroid dienone is 1. The minimum Gasteiger partial charge on any atom is -0.0721 e. The topological polar surface area (TPSA) is 0 Å². The Balaban J connectivity index is 2.23. The van der Waals surface area contributed by atoms with Crippen molar-refractivity contribution >= 4 is 16.8 Å². The standard InChI is InChI=1S/C16H15/c1-2-5-13-10-11-14-9-8-12-6-3-4-7-15(12)16(13)14/h3-4,6-11H,2,5H2,1H3. The summed E-state index contributed by atoms with van der Waals surface area (Å²) in [6, 6.07) is 13.1. The molecule has 0 atom stereocenters. The molecule has 2 aromatic carbocycles. The molecular weight excluding hydrogens is 192 g/mol. The molecule has 0 saturated carbocycles. The molecule has 79 valence electrons. The van der Waals surface area contributed by atoms with Crippen LogP contribution in [0.25, 0.3) is 16.8 Å². The summed E-state index contributed by atoms with van der Waals surface area (Å²) < 4.78 is 0. The van der Waals surface area contributed by atoms with E-state index in [1.165, 1.54) is 40.7 Å². The first-order valence-electron chi connectivity index (χ1n) is 5.96. The van der Waals surface area contributed by atoms with Gasteiger partial charge in [0.1, 0.15) is 0 Å². The zero-order valence-corrected chi connectivity index (χ0v) is 9.53. The summed E-state index contributed by atoms with van der Waals surface area (Å²) in [5.41, 5.74) is 2.84. The smallest absolute Gasteiger partial charge is 0.0279 e. The van der Waals surface area contributed by atoms with E-state index in [1.807, 2.05) is 0 Å². The summed E-state index contributed by atoms with van der Waals surface area (Å²) in [5.74, 6) is 1.49. The Bertz CT molecular complexity index is 549. The van der Waals surface area contributed by atoms with Crippen molar-refractivity contribution in [1.29, 1.82) is 0 Å². The third-order valence-electron chi connectivity index (χ3n) is 3.27. The van der Waals surface area contributed by atoms with Gasteiger partial charge in [-0.2, -0.15) is 0 Å².